The van der Waals surface area contributed by atoms with Crippen molar-refractivity contribution >= 4 is 49.2 Å². The molecule has 404 valence electrons. The molecule has 0 bridgehead atoms. The Balaban J connectivity index is 1.01. The molecule has 0 aliphatic heterocycles. The van der Waals surface area contributed by atoms with Gasteiger partial charge in [0.25, 0.3) is 0 Å². The summed E-state index contributed by atoms with van der Waals surface area (Å²) >= 11 is 0. The second kappa shape index (κ2) is 22.0. The normalized spacial score (nSPS) is 11.7. The number of rotatable bonds is 13. The molecule has 0 unspecified atom stereocenters. The predicted octanol–water partition coefficient (Wildman–Crippen LogP) is 21.2. The highest BCUT2D eigenvalue weighted by atomic mass is 15.0. The smallest absolute Gasteiger partial charge is 0.164 e. The van der Waals surface area contributed by atoms with E-state index >= 15 is 0 Å². The summed E-state index contributed by atoms with van der Waals surface area (Å²) in [6.07, 6.45) is 5.66. The summed E-state index contributed by atoms with van der Waals surface area (Å²) in [7, 11) is 0. The third-order valence-electron chi connectivity index (χ3n) is 16.5. The average molecular weight is 1100 g/mol. The molecule has 5 heteroatoms. The predicted molar refractivity (Wildman–Crippen MR) is 360 cm³/mol. The van der Waals surface area contributed by atoms with Gasteiger partial charge in [-0.3, -0.25) is 0 Å². The molecule has 0 saturated carbocycles. The van der Waals surface area contributed by atoms with E-state index in [1.54, 1.807) is 6.08 Å². The van der Waals surface area contributed by atoms with Crippen molar-refractivity contribution in [2.75, 3.05) is 0 Å². The van der Waals surface area contributed by atoms with Crippen LogP contribution >= 0.6 is 0 Å². The van der Waals surface area contributed by atoms with Crippen molar-refractivity contribution in [2.45, 2.75) is 0 Å². The van der Waals surface area contributed by atoms with Gasteiger partial charge < -0.3 is 9.13 Å². The topological polar surface area (TPSA) is 48.5 Å². The van der Waals surface area contributed by atoms with E-state index in [0.29, 0.717) is 17.5 Å². The summed E-state index contributed by atoms with van der Waals surface area (Å²) in [6, 6.07) is 104. The van der Waals surface area contributed by atoms with Gasteiger partial charge in [0, 0.05) is 55.0 Å². The molecule has 15 rings (SSSR count). The Morgan fingerprint density at radius 3 is 1.22 bits per heavy atom. The monoisotopic (exact) mass is 1100 g/mol. The van der Waals surface area contributed by atoms with Crippen LogP contribution in [0, 0.1) is 0 Å². The molecule has 3 aromatic heterocycles. The van der Waals surface area contributed by atoms with Crippen LogP contribution in [0.2, 0.25) is 0 Å². The van der Waals surface area contributed by atoms with Crippen LogP contribution in [0.3, 0.4) is 0 Å². The molecule has 0 atom stereocenters. The standard InChI is InChI=1S/C81H55N5/c1-3-24-54(4-2)63-47-64(57-29-14-7-15-30-57)49-65(48-63)80-82-79(61-41-39-58(40-42-61)55-25-10-5-11-26-55)83-81(84-80)66-51-70(59-31-16-8-17-32-59)78(71(52-66)60-33-18-9-19-34-60)86-76-45-43-62(56-27-12-6-13-28-56)50-72(76)73-53-67(44-46-77(73)86)85-74-37-22-20-35-68(74)69-36-21-23-38-75(69)85/h3-53H,1-2H2/b54-24+. The number of hydrogen-bond donors (Lipinski definition) is 0. The van der Waals surface area contributed by atoms with Gasteiger partial charge in [0.15, 0.2) is 17.5 Å². The number of benzene rings is 12. The second-order valence-corrected chi connectivity index (χ2v) is 21.6. The molecule has 0 saturated heterocycles. The summed E-state index contributed by atoms with van der Waals surface area (Å²) in [4.78, 5) is 16.4. The Bertz CT molecular complexity index is 4980. The lowest BCUT2D eigenvalue weighted by Gasteiger charge is -2.21. The van der Waals surface area contributed by atoms with Gasteiger partial charge in [-0.05, 0) is 128 Å². The fraction of sp³-hybridized carbons (Fsp3) is 0. The van der Waals surface area contributed by atoms with E-state index in [9.17, 15) is 0 Å². The molecule has 5 nitrogen and oxygen atoms in total. The molecule has 0 spiro atoms. The number of nitrogens with zero attached hydrogens (tertiary/aromatic N) is 5. The van der Waals surface area contributed by atoms with Crippen molar-refractivity contribution in [3.63, 3.8) is 0 Å². The van der Waals surface area contributed by atoms with Crippen LogP contribution in [-0.2, 0) is 0 Å². The van der Waals surface area contributed by atoms with E-state index in [0.717, 1.165) is 117 Å². The van der Waals surface area contributed by atoms with Crippen LogP contribution in [0.15, 0.2) is 323 Å². The Kier molecular flexibility index (Phi) is 13.1. The fourth-order valence-corrected chi connectivity index (χ4v) is 12.4. The largest absolute Gasteiger partial charge is 0.309 e. The first-order valence-corrected chi connectivity index (χ1v) is 29.1. The molecule has 86 heavy (non-hydrogen) atoms. The first kappa shape index (κ1) is 51.4. The van der Waals surface area contributed by atoms with E-state index in [2.05, 4.69) is 301 Å². The quantitative estimate of drug-likeness (QED) is 0.108. The Morgan fingerprint density at radius 2 is 0.686 bits per heavy atom. The SMILES string of the molecule is C=C/C=C(\C=C)c1cc(-c2ccccc2)cc(-c2nc(-c3ccc(-c4ccccc4)cc3)nc(-c3cc(-c4ccccc4)c(-n4c5ccc(-c6ccccc6)cc5c5cc(-n6c7ccccc7c7ccccc76)ccc54)c(-c4ccccc4)c3)n2)c1. The minimum absolute atomic E-state index is 0.542. The molecule has 3 heterocycles. The molecule has 0 radical (unpaired) electrons. The zero-order valence-electron chi connectivity index (χ0n) is 47.1. The number of fused-ring (bicyclic) bond motifs is 6. The zero-order valence-corrected chi connectivity index (χ0v) is 47.1. The lowest BCUT2D eigenvalue weighted by molar-refractivity contribution is 1.07. The van der Waals surface area contributed by atoms with Crippen molar-refractivity contribution < 1.29 is 0 Å². The van der Waals surface area contributed by atoms with Gasteiger partial charge in [0.2, 0.25) is 0 Å². The third-order valence-corrected chi connectivity index (χ3v) is 16.5. The first-order chi connectivity index (χ1) is 42.5. The van der Waals surface area contributed by atoms with Crippen LogP contribution in [0.5, 0.6) is 0 Å². The lowest BCUT2D eigenvalue weighted by atomic mass is 9.92. The van der Waals surface area contributed by atoms with Gasteiger partial charge in [-0.2, -0.15) is 0 Å². The number of aromatic nitrogens is 5. The van der Waals surface area contributed by atoms with Crippen LogP contribution in [-0.4, -0.2) is 24.1 Å². The molecule has 12 aromatic carbocycles. The van der Waals surface area contributed by atoms with Crippen molar-refractivity contribution in [1.82, 2.24) is 24.1 Å². The number of para-hydroxylation sites is 2. The molecule has 0 amide bonds. The second-order valence-electron chi connectivity index (χ2n) is 21.6. The maximum atomic E-state index is 5.55. The van der Waals surface area contributed by atoms with Crippen LogP contribution in [0.4, 0.5) is 0 Å². The summed E-state index contributed by atoms with van der Waals surface area (Å²) in [5, 5.41) is 4.74. The third kappa shape index (κ3) is 9.30. The maximum Gasteiger partial charge on any atom is 0.164 e. The number of hydrogen-bond acceptors (Lipinski definition) is 3. The summed E-state index contributed by atoms with van der Waals surface area (Å²) in [5.74, 6) is 1.64. The Hall–Kier alpha value is -11.5. The van der Waals surface area contributed by atoms with Crippen molar-refractivity contribution in [2.24, 2.45) is 0 Å². The minimum Gasteiger partial charge on any atom is -0.309 e. The van der Waals surface area contributed by atoms with Gasteiger partial charge in [-0.15, -0.1) is 0 Å². The van der Waals surface area contributed by atoms with E-state index in [4.69, 9.17) is 15.0 Å². The molecule has 0 aliphatic rings. The van der Waals surface area contributed by atoms with Gasteiger partial charge in [-0.25, -0.2) is 15.0 Å². The summed E-state index contributed by atoms with van der Waals surface area (Å²) < 4.78 is 4.91. The maximum absolute atomic E-state index is 5.55. The highest BCUT2D eigenvalue weighted by molar-refractivity contribution is 6.14. The fourth-order valence-electron chi connectivity index (χ4n) is 12.4. The van der Waals surface area contributed by atoms with Gasteiger partial charge >= 0.3 is 0 Å². The lowest BCUT2D eigenvalue weighted by Crippen LogP contribution is -2.04. The number of allylic oxidation sites excluding steroid dienone is 4. The van der Waals surface area contributed by atoms with Crippen molar-refractivity contribution in [3.05, 3.63) is 328 Å². The van der Waals surface area contributed by atoms with Crippen LogP contribution in [0.1, 0.15) is 5.56 Å². The molecule has 0 N–H and O–H groups in total. The molecule has 0 fully saturated rings. The Morgan fingerprint density at radius 1 is 0.291 bits per heavy atom. The van der Waals surface area contributed by atoms with Crippen molar-refractivity contribution in [3.8, 4) is 101 Å². The minimum atomic E-state index is 0.542. The van der Waals surface area contributed by atoms with E-state index in [1.807, 2.05) is 24.3 Å². The highest BCUT2D eigenvalue weighted by Crippen LogP contribution is 2.46. The van der Waals surface area contributed by atoms with Gasteiger partial charge in [0.05, 0.1) is 27.8 Å². The molecule has 15 aromatic rings. The van der Waals surface area contributed by atoms with Crippen molar-refractivity contribution in [1.29, 1.82) is 0 Å². The first-order valence-electron chi connectivity index (χ1n) is 29.1. The average Bonchev–Trinajstić information content (AvgIpc) is 4.24. The van der Waals surface area contributed by atoms with Crippen LogP contribution < -0.4 is 0 Å². The van der Waals surface area contributed by atoms with E-state index in [-0.39, 0.29) is 0 Å². The summed E-state index contributed by atoms with van der Waals surface area (Å²) in [6.45, 7) is 8.26. The van der Waals surface area contributed by atoms with E-state index < -0.39 is 0 Å². The summed E-state index contributed by atoms with van der Waals surface area (Å²) in [5.41, 5.74) is 21.9. The molecular weight excluding hydrogens is 1040 g/mol. The zero-order chi connectivity index (χ0) is 57.5. The van der Waals surface area contributed by atoms with E-state index in [1.165, 1.54) is 21.8 Å². The van der Waals surface area contributed by atoms with Gasteiger partial charge in [-0.1, -0.05) is 250 Å². The molecule has 0 aliphatic carbocycles. The molecular formula is C81H55N5. The highest BCUT2D eigenvalue weighted by Gasteiger charge is 2.25. The van der Waals surface area contributed by atoms with Gasteiger partial charge in [0.1, 0.15) is 0 Å². The van der Waals surface area contributed by atoms with Crippen LogP contribution in [0.25, 0.3) is 150 Å². The Labute approximate surface area is 499 Å².